The van der Waals surface area contributed by atoms with Crippen LogP contribution in [0, 0.1) is 5.82 Å². The van der Waals surface area contributed by atoms with E-state index in [1.807, 2.05) is 6.07 Å². The van der Waals surface area contributed by atoms with Crippen LogP contribution in [-0.4, -0.2) is 44.7 Å². The van der Waals surface area contributed by atoms with E-state index in [-0.39, 0.29) is 5.82 Å². The molecule has 1 heterocycles. The summed E-state index contributed by atoms with van der Waals surface area (Å²) in [6.07, 6.45) is 3.06. The predicted octanol–water partition coefficient (Wildman–Crippen LogP) is 1.86. The van der Waals surface area contributed by atoms with Gasteiger partial charge in [0.2, 0.25) is 0 Å². The van der Waals surface area contributed by atoms with Crippen LogP contribution in [0.25, 0.3) is 0 Å². The first-order valence-electron chi connectivity index (χ1n) is 7.01. The third-order valence-corrected chi connectivity index (χ3v) is 3.99. The minimum Gasteiger partial charge on any atom is -0.371 e. The van der Waals surface area contributed by atoms with Gasteiger partial charge < -0.3 is 15.5 Å². The summed E-state index contributed by atoms with van der Waals surface area (Å²) in [5.74, 6) is -0.171. The lowest BCUT2D eigenvalue weighted by Gasteiger charge is -2.37. The number of hydrogen-bond donors (Lipinski definition) is 1. The van der Waals surface area contributed by atoms with Gasteiger partial charge in [-0.15, -0.1) is 0 Å². The van der Waals surface area contributed by atoms with Crippen molar-refractivity contribution in [1.29, 1.82) is 0 Å². The Labute approximate surface area is 115 Å². The van der Waals surface area contributed by atoms with Gasteiger partial charge in [0.1, 0.15) is 5.82 Å². The summed E-state index contributed by atoms with van der Waals surface area (Å²) >= 11 is 0. The van der Waals surface area contributed by atoms with Gasteiger partial charge in [-0.05, 0) is 63.7 Å². The van der Waals surface area contributed by atoms with Gasteiger partial charge in [-0.3, -0.25) is 0 Å². The monoisotopic (exact) mass is 265 g/mol. The molecule has 1 aliphatic heterocycles. The number of anilines is 1. The highest BCUT2D eigenvalue weighted by Gasteiger charge is 2.22. The first-order chi connectivity index (χ1) is 9.11. The lowest BCUT2D eigenvalue weighted by Crippen LogP contribution is -2.42. The third kappa shape index (κ3) is 3.45. The number of hydrogen-bond acceptors (Lipinski definition) is 3. The summed E-state index contributed by atoms with van der Waals surface area (Å²) in [6, 6.07) is 5.74. The highest BCUT2D eigenvalue weighted by Crippen LogP contribution is 2.26. The zero-order chi connectivity index (χ0) is 13.8. The average molecular weight is 265 g/mol. The Bertz CT molecular complexity index is 412. The molecule has 1 aromatic carbocycles. The maximum absolute atomic E-state index is 13.3. The molecule has 0 unspecified atom stereocenters. The number of halogens is 1. The van der Waals surface area contributed by atoms with E-state index in [9.17, 15) is 4.39 Å². The molecule has 106 valence electrons. The molecule has 2 rings (SSSR count). The molecule has 1 aliphatic rings. The van der Waals surface area contributed by atoms with Crippen molar-refractivity contribution in [2.24, 2.45) is 5.73 Å². The molecular weight excluding hydrogens is 241 g/mol. The first kappa shape index (κ1) is 14.3. The number of rotatable bonds is 4. The minimum atomic E-state index is -0.171. The second-order valence-electron chi connectivity index (χ2n) is 5.49. The third-order valence-electron chi connectivity index (χ3n) is 3.99. The van der Waals surface area contributed by atoms with Crippen LogP contribution in [0.2, 0.25) is 0 Å². The summed E-state index contributed by atoms with van der Waals surface area (Å²) in [4.78, 5) is 4.66. The molecule has 2 N–H and O–H groups in total. The van der Waals surface area contributed by atoms with E-state index in [2.05, 4.69) is 23.9 Å². The molecule has 0 aromatic heterocycles. The lowest BCUT2D eigenvalue weighted by molar-refractivity contribution is 0.249. The summed E-state index contributed by atoms with van der Waals surface area (Å²) in [7, 11) is 4.27. The van der Waals surface area contributed by atoms with Crippen molar-refractivity contribution in [1.82, 2.24) is 4.90 Å². The molecule has 0 amide bonds. The van der Waals surface area contributed by atoms with Crippen molar-refractivity contribution >= 4 is 5.69 Å². The fourth-order valence-corrected chi connectivity index (χ4v) is 2.84. The SMILES string of the molecule is CN(C)C1CCN(c2ccc(F)cc2CCN)CC1. The quantitative estimate of drug-likeness (QED) is 0.902. The van der Waals surface area contributed by atoms with Crippen LogP contribution in [0.5, 0.6) is 0 Å². The summed E-state index contributed by atoms with van der Waals surface area (Å²) in [6.45, 7) is 2.63. The Hall–Kier alpha value is -1.13. The van der Waals surface area contributed by atoms with Crippen LogP contribution in [0.3, 0.4) is 0 Å². The Morgan fingerprint density at radius 2 is 2.00 bits per heavy atom. The van der Waals surface area contributed by atoms with Crippen molar-refractivity contribution in [2.45, 2.75) is 25.3 Å². The molecule has 0 radical (unpaired) electrons. The Morgan fingerprint density at radius 3 is 2.58 bits per heavy atom. The van der Waals surface area contributed by atoms with E-state index in [0.29, 0.717) is 12.6 Å². The van der Waals surface area contributed by atoms with Gasteiger partial charge in [-0.2, -0.15) is 0 Å². The Kier molecular flexibility index (Phi) is 4.77. The number of nitrogens with zero attached hydrogens (tertiary/aromatic N) is 2. The lowest BCUT2D eigenvalue weighted by atomic mass is 10.0. The normalized spacial score (nSPS) is 17.2. The van der Waals surface area contributed by atoms with E-state index in [4.69, 9.17) is 5.73 Å². The van der Waals surface area contributed by atoms with Crippen molar-refractivity contribution in [2.75, 3.05) is 38.6 Å². The van der Waals surface area contributed by atoms with Gasteiger partial charge in [-0.25, -0.2) is 4.39 Å². The summed E-state index contributed by atoms with van der Waals surface area (Å²) < 4.78 is 13.3. The zero-order valence-electron chi connectivity index (χ0n) is 11.9. The van der Waals surface area contributed by atoms with Crippen LogP contribution in [0.4, 0.5) is 10.1 Å². The zero-order valence-corrected chi connectivity index (χ0v) is 11.9. The number of piperidine rings is 1. The van der Waals surface area contributed by atoms with E-state index in [1.54, 1.807) is 12.1 Å². The van der Waals surface area contributed by atoms with Crippen molar-refractivity contribution in [3.8, 4) is 0 Å². The van der Waals surface area contributed by atoms with Crippen LogP contribution in [-0.2, 0) is 6.42 Å². The van der Waals surface area contributed by atoms with Crippen LogP contribution in [0.1, 0.15) is 18.4 Å². The fourth-order valence-electron chi connectivity index (χ4n) is 2.84. The standard InChI is InChI=1S/C15H24FN3/c1-18(2)14-6-9-19(10-7-14)15-4-3-13(16)11-12(15)5-8-17/h3-4,11,14H,5-10,17H2,1-2H3. The van der Waals surface area contributed by atoms with Crippen LogP contribution >= 0.6 is 0 Å². The van der Waals surface area contributed by atoms with Gasteiger partial charge in [0.25, 0.3) is 0 Å². The van der Waals surface area contributed by atoms with E-state index in [1.165, 1.54) is 0 Å². The van der Waals surface area contributed by atoms with E-state index >= 15 is 0 Å². The summed E-state index contributed by atoms with van der Waals surface area (Å²) in [5.41, 5.74) is 7.81. The number of nitrogens with two attached hydrogens (primary N) is 1. The highest BCUT2D eigenvalue weighted by atomic mass is 19.1. The maximum atomic E-state index is 13.3. The van der Waals surface area contributed by atoms with Crippen molar-refractivity contribution in [3.63, 3.8) is 0 Å². The maximum Gasteiger partial charge on any atom is 0.123 e. The highest BCUT2D eigenvalue weighted by molar-refractivity contribution is 5.54. The molecule has 0 aliphatic carbocycles. The Morgan fingerprint density at radius 1 is 1.32 bits per heavy atom. The molecular formula is C15H24FN3. The second kappa shape index (κ2) is 6.35. The van der Waals surface area contributed by atoms with Gasteiger partial charge in [0.05, 0.1) is 0 Å². The van der Waals surface area contributed by atoms with Crippen LogP contribution in [0.15, 0.2) is 18.2 Å². The molecule has 4 heteroatoms. The van der Waals surface area contributed by atoms with Crippen molar-refractivity contribution < 1.29 is 4.39 Å². The molecule has 1 fully saturated rings. The molecule has 3 nitrogen and oxygen atoms in total. The molecule has 19 heavy (non-hydrogen) atoms. The minimum absolute atomic E-state index is 0.171. The van der Waals surface area contributed by atoms with Gasteiger partial charge in [0, 0.05) is 24.8 Å². The smallest absolute Gasteiger partial charge is 0.123 e. The van der Waals surface area contributed by atoms with Gasteiger partial charge >= 0.3 is 0 Å². The molecule has 1 aromatic rings. The summed E-state index contributed by atoms with van der Waals surface area (Å²) in [5, 5.41) is 0. The fraction of sp³-hybridized carbons (Fsp3) is 0.600. The van der Waals surface area contributed by atoms with Crippen molar-refractivity contribution in [3.05, 3.63) is 29.6 Å². The van der Waals surface area contributed by atoms with E-state index in [0.717, 1.165) is 43.6 Å². The largest absolute Gasteiger partial charge is 0.371 e. The first-order valence-corrected chi connectivity index (χ1v) is 7.01. The Balaban J connectivity index is 2.10. The number of benzene rings is 1. The van der Waals surface area contributed by atoms with Crippen LogP contribution < -0.4 is 10.6 Å². The average Bonchev–Trinajstić information content (AvgIpc) is 2.39. The molecule has 1 saturated heterocycles. The van der Waals surface area contributed by atoms with Gasteiger partial charge in [0.15, 0.2) is 0 Å². The molecule has 0 bridgehead atoms. The molecule has 0 saturated carbocycles. The second-order valence-corrected chi connectivity index (χ2v) is 5.49. The molecule has 0 atom stereocenters. The topological polar surface area (TPSA) is 32.5 Å². The van der Waals surface area contributed by atoms with Gasteiger partial charge in [-0.1, -0.05) is 0 Å². The van der Waals surface area contributed by atoms with E-state index < -0.39 is 0 Å². The molecule has 0 spiro atoms. The predicted molar refractivity (Wildman–Crippen MR) is 78.1 cm³/mol.